The summed E-state index contributed by atoms with van der Waals surface area (Å²) in [4.78, 5) is 17.5. The number of benzene rings is 2. The number of sulfonamides is 1. The molecule has 1 aliphatic heterocycles. The number of amides is 1. The van der Waals surface area contributed by atoms with Crippen LogP contribution < -0.4 is 10.1 Å². The third-order valence-corrected chi connectivity index (χ3v) is 7.16. The number of pyridine rings is 1. The van der Waals surface area contributed by atoms with Crippen molar-refractivity contribution in [3.05, 3.63) is 59.8 Å². The summed E-state index contributed by atoms with van der Waals surface area (Å²) in [5, 5.41) is 3.62. The lowest BCUT2D eigenvalue weighted by Crippen LogP contribution is -2.40. The SMILES string of the molecule is COc1ccc(NC(=O)c2cc(S(=O)(=O)N3CCOCC3)ccc2C)c2cccnc12. The minimum atomic E-state index is -3.70. The van der Waals surface area contributed by atoms with Crippen LogP contribution >= 0.6 is 0 Å². The fourth-order valence-corrected chi connectivity index (χ4v) is 4.99. The average Bonchev–Trinajstić information content (AvgIpc) is 2.80. The Morgan fingerprint density at radius 2 is 1.94 bits per heavy atom. The van der Waals surface area contributed by atoms with E-state index in [1.165, 1.54) is 16.4 Å². The largest absolute Gasteiger partial charge is 0.494 e. The summed E-state index contributed by atoms with van der Waals surface area (Å²) in [5.41, 5.74) is 2.16. The molecule has 0 radical (unpaired) electrons. The average molecular weight is 442 g/mol. The van der Waals surface area contributed by atoms with Crippen LogP contribution in [0.4, 0.5) is 5.69 Å². The maximum absolute atomic E-state index is 13.1. The van der Waals surface area contributed by atoms with Crippen molar-refractivity contribution in [2.24, 2.45) is 0 Å². The first-order chi connectivity index (χ1) is 14.9. The Hall–Kier alpha value is -3.01. The molecule has 0 aliphatic carbocycles. The first-order valence-electron chi connectivity index (χ1n) is 9.83. The number of methoxy groups -OCH3 is 1. The lowest BCUT2D eigenvalue weighted by atomic mass is 10.1. The molecule has 1 aromatic heterocycles. The quantitative estimate of drug-likeness (QED) is 0.654. The fraction of sp³-hybridized carbons (Fsp3) is 0.273. The number of hydrogen-bond donors (Lipinski definition) is 1. The van der Waals surface area contributed by atoms with Gasteiger partial charge in [0.1, 0.15) is 11.3 Å². The lowest BCUT2D eigenvalue weighted by Gasteiger charge is -2.26. The van der Waals surface area contributed by atoms with Crippen LogP contribution in [0, 0.1) is 6.92 Å². The van der Waals surface area contributed by atoms with Crippen molar-refractivity contribution in [2.45, 2.75) is 11.8 Å². The Balaban J connectivity index is 1.67. The Kier molecular flexibility index (Phi) is 5.90. The second kappa shape index (κ2) is 8.62. The zero-order chi connectivity index (χ0) is 22.0. The maximum atomic E-state index is 13.1. The van der Waals surface area contributed by atoms with E-state index >= 15 is 0 Å². The molecule has 0 atom stereocenters. The van der Waals surface area contributed by atoms with E-state index in [1.807, 2.05) is 6.07 Å². The summed E-state index contributed by atoms with van der Waals surface area (Å²) < 4.78 is 38.0. The van der Waals surface area contributed by atoms with E-state index in [-0.39, 0.29) is 4.90 Å². The molecule has 0 saturated carbocycles. The number of hydrogen-bond acceptors (Lipinski definition) is 6. The molecular weight excluding hydrogens is 418 g/mol. The number of carbonyl (C=O) groups is 1. The highest BCUT2D eigenvalue weighted by Crippen LogP contribution is 2.30. The van der Waals surface area contributed by atoms with Crippen molar-refractivity contribution >= 4 is 32.5 Å². The zero-order valence-corrected chi connectivity index (χ0v) is 18.1. The Bertz CT molecular complexity index is 1240. The molecular formula is C22H23N3O5S. The molecule has 2 aromatic carbocycles. The van der Waals surface area contributed by atoms with Crippen molar-refractivity contribution in [1.82, 2.24) is 9.29 Å². The van der Waals surface area contributed by atoms with Gasteiger partial charge in [-0.2, -0.15) is 4.31 Å². The number of rotatable bonds is 5. The molecule has 3 aromatic rings. The predicted molar refractivity (Wildman–Crippen MR) is 117 cm³/mol. The van der Waals surface area contributed by atoms with Crippen molar-refractivity contribution in [3.8, 4) is 5.75 Å². The molecule has 8 nitrogen and oxygen atoms in total. The monoisotopic (exact) mass is 441 g/mol. The van der Waals surface area contributed by atoms with E-state index in [1.54, 1.807) is 44.5 Å². The van der Waals surface area contributed by atoms with Crippen LogP contribution in [0.5, 0.6) is 5.75 Å². The van der Waals surface area contributed by atoms with Gasteiger partial charge in [0.05, 0.1) is 30.9 Å². The number of carbonyl (C=O) groups excluding carboxylic acids is 1. The van der Waals surface area contributed by atoms with Crippen molar-refractivity contribution in [2.75, 3.05) is 38.7 Å². The minimum absolute atomic E-state index is 0.0893. The first-order valence-corrected chi connectivity index (χ1v) is 11.3. The van der Waals surface area contributed by atoms with Crippen LogP contribution in [-0.4, -0.2) is 57.0 Å². The van der Waals surface area contributed by atoms with Crippen molar-refractivity contribution < 1.29 is 22.7 Å². The Morgan fingerprint density at radius 3 is 2.68 bits per heavy atom. The van der Waals surface area contributed by atoms with Gasteiger partial charge in [0.2, 0.25) is 10.0 Å². The van der Waals surface area contributed by atoms with Gasteiger partial charge in [-0.3, -0.25) is 9.78 Å². The molecule has 9 heteroatoms. The standard InChI is InChI=1S/C22H23N3O5S/c1-15-5-6-16(31(27,28)25-10-12-30-13-11-25)14-18(15)22(26)24-19-7-8-20(29-2)21-17(19)4-3-9-23-21/h3-9,14H,10-13H2,1-2H3,(H,24,26). The van der Waals surface area contributed by atoms with E-state index in [2.05, 4.69) is 10.3 Å². The normalized spacial score (nSPS) is 15.0. The number of aromatic nitrogens is 1. The molecule has 162 valence electrons. The Morgan fingerprint density at radius 1 is 1.16 bits per heavy atom. The zero-order valence-electron chi connectivity index (χ0n) is 17.3. The fourth-order valence-electron chi connectivity index (χ4n) is 3.55. The predicted octanol–water partition coefficient (Wildman–Crippen LogP) is 2.83. The van der Waals surface area contributed by atoms with Crippen molar-refractivity contribution in [1.29, 1.82) is 0 Å². The third-order valence-electron chi connectivity index (χ3n) is 5.26. The van der Waals surface area contributed by atoms with Gasteiger partial charge in [0.15, 0.2) is 0 Å². The van der Waals surface area contributed by atoms with Crippen LogP contribution in [0.15, 0.2) is 53.6 Å². The molecule has 0 spiro atoms. The summed E-state index contributed by atoms with van der Waals surface area (Å²) in [7, 11) is -2.14. The van der Waals surface area contributed by atoms with Gasteiger partial charge in [-0.05, 0) is 48.9 Å². The van der Waals surface area contributed by atoms with Gasteiger partial charge >= 0.3 is 0 Å². The van der Waals surface area contributed by atoms with E-state index < -0.39 is 15.9 Å². The molecule has 1 aliphatic rings. The van der Waals surface area contributed by atoms with Crippen LogP contribution in [0.1, 0.15) is 15.9 Å². The van der Waals surface area contributed by atoms with Gasteiger partial charge in [-0.1, -0.05) is 6.07 Å². The molecule has 1 N–H and O–H groups in total. The van der Waals surface area contributed by atoms with E-state index in [0.29, 0.717) is 54.4 Å². The molecule has 1 amide bonds. The highest BCUT2D eigenvalue weighted by atomic mass is 32.2. The molecule has 1 saturated heterocycles. The second-order valence-corrected chi connectivity index (χ2v) is 9.10. The maximum Gasteiger partial charge on any atom is 0.255 e. The van der Waals surface area contributed by atoms with Gasteiger partial charge in [-0.25, -0.2) is 8.42 Å². The van der Waals surface area contributed by atoms with E-state index in [4.69, 9.17) is 9.47 Å². The number of nitrogens with one attached hydrogen (secondary N) is 1. The summed E-state index contributed by atoms with van der Waals surface area (Å²) >= 11 is 0. The summed E-state index contributed by atoms with van der Waals surface area (Å²) in [6.07, 6.45) is 1.65. The van der Waals surface area contributed by atoms with Crippen molar-refractivity contribution in [3.63, 3.8) is 0 Å². The number of ether oxygens (including phenoxy) is 2. The molecule has 0 unspecified atom stereocenters. The lowest BCUT2D eigenvalue weighted by molar-refractivity contribution is 0.0730. The minimum Gasteiger partial charge on any atom is -0.494 e. The molecule has 31 heavy (non-hydrogen) atoms. The number of nitrogens with zero attached hydrogens (tertiary/aromatic N) is 2. The summed E-state index contributed by atoms with van der Waals surface area (Å²) in [6, 6.07) is 11.7. The van der Waals surface area contributed by atoms with Gasteiger partial charge in [-0.15, -0.1) is 0 Å². The molecule has 2 heterocycles. The molecule has 4 rings (SSSR count). The van der Waals surface area contributed by atoms with Crippen LogP contribution in [0.2, 0.25) is 0 Å². The summed E-state index contributed by atoms with van der Waals surface area (Å²) in [6.45, 7) is 3.08. The van der Waals surface area contributed by atoms with E-state index in [0.717, 1.165) is 5.39 Å². The summed E-state index contributed by atoms with van der Waals surface area (Å²) in [5.74, 6) is 0.204. The third kappa shape index (κ3) is 4.12. The topological polar surface area (TPSA) is 97.8 Å². The van der Waals surface area contributed by atoms with Crippen LogP contribution in [-0.2, 0) is 14.8 Å². The number of morpholine rings is 1. The van der Waals surface area contributed by atoms with Gasteiger partial charge in [0, 0.05) is 30.2 Å². The smallest absolute Gasteiger partial charge is 0.255 e. The van der Waals surface area contributed by atoms with Crippen LogP contribution in [0.25, 0.3) is 10.9 Å². The molecule has 1 fully saturated rings. The Labute approximate surface area is 180 Å². The number of fused-ring (bicyclic) bond motifs is 1. The van der Waals surface area contributed by atoms with Crippen LogP contribution in [0.3, 0.4) is 0 Å². The number of aryl methyl sites for hydroxylation is 1. The van der Waals surface area contributed by atoms with Gasteiger partial charge in [0.25, 0.3) is 5.91 Å². The molecule has 0 bridgehead atoms. The second-order valence-electron chi connectivity index (χ2n) is 7.16. The highest BCUT2D eigenvalue weighted by Gasteiger charge is 2.27. The first kappa shape index (κ1) is 21.2. The van der Waals surface area contributed by atoms with Gasteiger partial charge < -0.3 is 14.8 Å². The van der Waals surface area contributed by atoms with E-state index in [9.17, 15) is 13.2 Å². The highest BCUT2D eigenvalue weighted by molar-refractivity contribution is 7.89. The number of anilines is 1.